The molecule has 2 aromatic carbocycles. The van der Waals surface area contributed by atoms with Crippen LogP contribution in [0.5, 0.6) is 5.75 Å². The van der Waals surface area contributed by atoms with Gasteiger partial charge in [-0.15, -0.1) is 0 Å². The maximum absolute atomic E-state index is 6.35. The Morgan fingerprint density at radius 3 is 2.50 bits per heavy atom. The topological polar surface area (TPSA) is 35.2 Å². The van der Waals surface area contributed by atoms with Crippen molar-refractivity contribution in [2.24, 2.45) is 5.73 Å². The largest absolute Gasteiger partial charge is 0.493 e. The van der Waals surface area contributed by atoms with Crippen molar-refractivity contribution in [1.82, 2.24) is 0 Å². The van der Waals surface area contributed by atoms with Gasteiger partial charge < -0.3 is 10.5 Å². The van der Waals surface area contributed by atoms with Crippen LogP contribution in [-0.2, 0) is 6.42 Å². The van der Waals surface area contributed by atoms with Crippen molar-refractivity contribution in [3.63, 3.8) is 0 Å². The molecule has 2 aromatic rings. The van der Waals surface area contributed by atoms with E-state index in [9.17, 15) is 0 Å². The molecule has 1 heterocycles. The highest BCUT2D eigenvalue weighted by Gasteiger charge is 2.24. The molecule has 2 N–H and O–H groups in total. The molecule has 5 heteroatoms. The lowest BCUT2D eigenvalue weighted by atomic mass is 9.96. The number of hydrogen-bond acceptors (Lipinski definition) is 2. The summed E-state index contributed by atoms with van der Waals surface area (Å²) in [6.45, 7) is 0.644. The molecule has 0 saturated heterocycles. The summed E-state index contributed by atoms with van der Waals surface area (Å²) in [5, 5.41) is 1.72. The van der Waals surface area contributed by atoms with E-state index in [2.05, 4.69) is 0 Å². The van der Waals surface area contributed by atoms with Crippen molar-refractivity contribution in [3.05, 3.63) is 62.1 Å². The Morgan fingerprint density at radius 1 is 1.10 bits per heavy atom. The second-order valence-corrected chi connectivity index (χ2v) is 5.95. The van der Waals surface area contributed by atoms with Gasteiger partial charge in [-0.1, -0.05) is 40.9 Å². The van der Waals surface area contributed by atoms with Crippen molar-refractivity contribution >= 4 is 34.8 Å². The van der Waals surface area contributed by atoms with Crippen LogP contribution in [-0.4, -0.2) is 6.61 Å². The second-order valence-electron chi connectivity index (χ2n) is 4.69. The summed E-state index contributed by atoms with van der Waals surface area (Å²) < 4.78 is 5.68. The van der Waals surface area contributed by atoms with Gasteiger partial charge in [-0.2, -0.15) is 0 Å². The van der Waals surface area contributed by atoms with Crippen LogP contribution >= 0.6 is 34.8 Å². The minimum atomic E-state index is -0.471. The zero-order valence-electron chi connectivity index (χ0n) is 10.5. The quantitative estimate of drug-likeness (QED) is 0.872. The maximum Gasteiger partial charge on any atom is 0.127 e. The SMILES string of the molecule is NC(c1cc(Cl)cc2c1OCC2)c1c(Cl)cccc1Cl. The zero-order valence-corrected chi connectivity index (χ0v) is 12.8. The Bertz CT molecular complexity index is 652. The Hall–Kier alpha value is -0.930. The molecule has 3 rings (SSSR count). The minimum absolute atomic E-state index is 0.471. The van der Waals surface area contributed by atoms with Gasteiger partial charge in [-0.05, 0) is 29.8 Å². The molecule has 1 unspecified atom stereocenters. The van der Waals surface area contributed by atoms with Gasteiger partial charge in [-0.3, -0.25) is 0 Å². The summed E-state index contributed by atoms with van der Waals surface area (Å²) in [5.74, 6) is 0.804. The van der Waals surface area contributed by atoms with E-state index < -0.39 is 6.04 Å². The van der Waals surface area contributed by atoms with Crippen LogP contribution in [0.15, 0.2) is 30.3 Å². The van der Waals surface area contributed by atoms with Crippen LogP contribution in [0.4, 0.5) is 0 Å². The molecule has 104 valence electrons. The molecule has 1 atom stereocenters. The lowest BCUT2D eigenvalue weighted by Crippen LogP contribution is -2.14. The second kappa shape index (κ2) is 5.45. The third-order valence-corrected chi connectivity index (χ3v) is 4.30. The normalized spacial score (nSPS) is 14.8. The molecule has 1 aliphatic heterocycles. The van der Waals surface area contributed by atoms with Gasteiger partial charge in [0.2, 0.25) is 0 Å². The fraction of sp³-hybridized carbons (Fsp3) is 0.200. The van der Waals surface area contributed by atoms with Crippen molar-refractivity contribution in [2.75, 3.05) is 6.61 Å². The lowest BCUT2D eigenvalue weighted by molar-refractivity contribution is 0.352. The third kappa shape index (κ3) is 2.38. The average molecular weight is 329 g/mol. The Morgan fingerprint density at radius 2 is 1.80 bits per heavy atom. The molecule has 0 saturated carbocycles. The molecule has 0 aliphatic carbocycles. The van der Waals surface area contributed by atoms with E-state index in [0.29, 0.717) is 27.2 Å². The lowest BCUT2D eigenvalue weighted by Gasteiger charge is -2.19. The van der Waals surface area contributed by atoms with Gasteiger partial charge in [0.1, 0.15) is 5.75 Å². The van der Waals surface area contributed by atoms with Gasteiger partial charge in [-0.25, -0.2) is 0 Å². The zero-order chi connectivity index (χ0) is 14.3. The van der Waals surface area contributed by atoms with Crippen LogP contribution in [0, 0.1) is 0 Å². The van der Waals surface area contributed by atoms with Crippen molar-refractivity contribution in [2.45, 2.75) is 12.5 Å². The molecule has 0 radical (unpaired) electrons. The molecule has 20 heavy (non-hydrogen) atoms. The van der Waals surface area contributed by atoms with E-state index in [4.69, 9.17) is 45.3 Å². The van der Waals surface area contributed by atoms with Crippen LogP contribution < -0.4 is 10.5 Å². The number of hydrogen-bond donors (Lipinski definition) is 1. The Kier molecular flexibility index (Phi) is 3.83. The monoisotopic (exact) mass is 327 g/mol. The van der Waals surface area contributed by atoms with Crippen LogP contribution in [0.3, 0.4) is 0 Å². The smallest absolute Gasteiger partial charge is 0.127 e. The van der Waals surface area contributed by atoms with E-state index in [1.54, 1.807) is 18.2 Å². The first-order valence-electron chi connectivity index (χ1n) is 6.22. The predicted octanol–water partition coefficient (Wildman–Crippen LogP) is 4.63. The summed E-state index contributed by atoms with van der Waals surface area (Å²) in [6, 6.07) is 8.59. The first kappa shape index (κ1) is 14.0. The minimum Gasteiger partial charge on any atom is -0.493 e. The van der Waals surface area contributed by atoms with Crippen LogP contribution in [0.2, 0.25) is 15.1 Å². The number of ether oxygens (including phenoxy) is 1. The molecule has 0 fully saturated rings. The average Bonchev–Trinajstić information content (AvgIpc) is 2.85. The highest BCUT2D eigenvalue weighted by atomic mass is 35.5. The molecular weight excluding hydrogens is 317 g/mol. The highest BCUT2D eigenvalue weighted by molar-refractivity contribution is 6.36. The summed E-state index contributed by atoms with van der Waals surface area (Å²) >= 11 is 18.6. The fourth-order valence-electron chi connectivity index (χ4n) is 2.49. The first-order valence-corrected chi connectivity index (χ1v) is 7.36. The van der Waals surface area contributed by atoms with Crippen molar-refractivity contribution in [1.29, 1.82) is 0 Å². The molecule has 0 amide bonds. The summed E-state index contributed by atoms with van der Waals surface area (Å²) in [5.41, 5.74) is 8.94. The molecule has 0 aromatic heterocycles. The molecule has 2 nitrogen and oxygen atoms in total. The van der Waals surface area contributed by atoms with Gasteiger partial charge in [0.25, 0.3) is 0 Å². The Balaban J connectivity index is 2.14. The van der Waals surface area contributed by atoms with Crippen molar-refractivity contribution in [3.8, 4) is 5.75 Å². The number of rotatable bonds is 2. The molecule has 0 spiro atoms. The summed E-state index contributed by atoms with van der Waals surface area (Å²) in [7, 11) is 0. The van der Waals surface area contributed by atoms with E-state index in [-0.39, 0.29) is 0 Å². The molecule has 0 bridgehead atoms. The highest BCUT2D eigenvalue weighted by Crippen LogP contribution is 2.40. The van der Waals surface area contributed by atoms with E-state index >= 15 is 0 Å². The van der Waals surface area contributed by atoms with Gasteiger partial charge in [0.05, 0.1) is 12.6 Å². The van der Waals surface area contributed by atoms with Crippen molar-refractivity contribution < 1.29 is 4.74 Å². The van der Waals surface area contributed by atoms with Gasteiger partial charge >= 0.3 is 0 Å². The number of halogens is 3. The molecular formula is C15H12Cl3NO. The number of benzene rings is 2. The molecule has 1 aliphatic rings. The number of fused-ring (bicyclic) bond motifs is 1. The maximum atomic E-state index is 6.35. The number of nitrogens with two attached hydrogens (primary N) is 1. The predicted molar refractivity (Wildman–Crippen MR) is 83.1 cm³/mol. The van der Waals surface area contributed by atoms with Gasteiger partial charge in [0, 0.05) is 32.6 Å². The fourth-order valence-corrected chi connectivity index (χ4v) is 3.37. The van der Waals surface area contributed by atoms with E-state index in [1.165, 1.54) is 0 Å². The first-order chi connectivity index (χ1) is 9.58. The van der Waals surface area contributed by atoms with E-state index in [1.807, 2.05) is 12.1 Å². The summed E-state index contributed by atoms with van der Waals surface area (Å²) in [4.78, 5) is 0. The Labute approximate surface area is 132 Å². The van der Waals surface area contributed by atoms with Gasteiger partial charge in [0.15, 0.2) is 0 Å². The standard InChI is InChI=1S/C15H12Cl3NO/c16-9-6-8-4-5-20-15(8)10(7-9)14(19)13-11(17)2-1-3-12(13)18/h1-3,6-7,14H,4-5,19H2. The summed E-state index contributed by atoms with van der Waals surface area (Å²) in [6.07, 6.45) is 0.839. The van der Waals surface area contributed by atoms with E-state index in [0.717, 1.165) is 23.3 Å². The van der Waals surface area contributed by atoms with Crippen LogP contribution in [0.1, 0.15) is 22.7 Å². The van der Waals surface area contributed by atoms with Crippen LogP contribution in [0.25, 0.3) is 0 Å². The third-order valence-electron chi connectivity index (χ3n) is 3.42.